The average Bonchev–Trinajstić information content (AvgIpc) is 2.94. The standard InChI is InChI=1S/C32H35NO7/c1-23-7-4-9-27(21-23)39-20-3-2-19-38-26-16-13-24(14-17-26)12-15-25-8-5-10-28-31(25)40-29(32(36)37)22-33(28)18-6-11-30(34)35/h4-5,7-10,12-17,21,29H,2-3,6,11,18-20,22H2,1H3,(H,34,35)(H,36,37). The lowest BCUT2D eigenvalue weighted by Gasteiger charge is -2.35. The molecule has 0 radical (unpaired) electrons. The third-order valence-electron chi connectivity index (χ3n) is 6.51. The Kier molecular flexibility index (Phi) is 10.0. The minimum absolute atomic E-state index is 0.0200. The molecule has 1 aliphatic heterocycles. The van der Waals surface area contributed by atoms with Crippen LogP contribution in [0.4, 0.5) is 5.69 Å². The van der Waals surface area contributed by atoms with Gasteiger partial charge >= 0.3 is 11.9 Å². The van der Waals surface area contributed by atoms with E-state index in [1.54, 1.807) is 0 Å². The summed E-state index contributed by atoms with van der Waals surface area (Å²) in [5.74, 6) is 0.237. The van der Waals surface area contributed by atoms with Gasteiger partial charge in [0.1, 0.15) is 11.5 Å². The van der Waals surface area contributed by atoms with E-state index in [-0.39, 0.29) is 13.0 Å². The number of carbonyl (C=O) groups is 2. The smallest absolute Gasteiger partial charge is 0.346 e. The van der Waals surface area contributed by atoms with Crippen LogP contribution in [0.15, 0.2) is 66.7 Å². The van der Waals surface area contributed by atoms with E-state index in [0.29, 0.717) is 31.9 Å². The fraction of sp³-hybridized carbons (Fsp3) is 0.312. The third-order valence-corrected chi connectivity index (χ3v) is 6.51. The van der Waals surface area contributed by atoms with Crippen molar-refractivity contribution in [2.45, 2.75) is 38.7 Å². The summed E-state index contributed by atoms with van der Waals surface area (Å²) in [7, 11) is 0. The number of unbranched alkanes of at least 4 members (excludes halogenated alkanes) is 1. The van der Waals surface area contributed by atoms with Crippen LogP contribution < -0.4 is 19.1 Å². The summed E-state index contributed by atoms with van der Waals surface area (Å²) in [5.41, 5.74) is 3.65. The molecule has 4 rings (SSSR count). The van der Waals surface area contributed by atoms with Crippen LogP contribution in [0.3, 0.4) is 0 Å². The lowest BCUT2D eigenvalue weighted by molar-refractivity contribution is -0.145. The van der Waals surface area contributed by atoms with Crippen molar-refractivity contribution in [2.75, 3.05) is 31.2 Å². The van der Waals surface area contributed by atoms with Crippen LogP contribution >= 0.6 is 0 Å². The Bertz CT molecular complexity index is 1320. The van der Waals surface area contributed by atoms with E-state index in [1.807, 2.05) is 90.7 Å². The molecular formula is C32H35NO7. The molecule has 1 unspecified atom stereocenters. The first-order valence-electron chi connectivity index (χ1n) is 13.5. The van der Waals surface area contributed by atoms with E-state index in [0.717, 1.165) is 41.2 Å². The van der Waals surface area contributed by atoms with Crippen LogP contribution in [0.2, 0.25) is 0 Å². The Hall–Kier alpha value is -4.46. The van der Waals surface area contributed by atoms with E-state index in [4.69, 9.17) is 19.3 Å². The zero-order chi connectivity index (χ0) is 28.3. The number of hydrogen-bond acceptors (Lipinski definition) is 6. The molecule has 8 heteroatoms. The van der Waals surface area contributed by atoms with Crippen LogP contribution in [0.25, 0.3) is 12.2 Å². The van der Waals surface area contributed by atoms with Gasteiger partial charge in [0.25, 0.3) is 0 Å². The Morgan fingerprint density at radius 3 is 2.35 bits per heavy atom. The molecule has 0 saturated heterocycles. The predicted octanol–water partition coefficient (Wildman–Crippen LogP) is 5.92. The number of benzene rings is 3. The number of carboxylic acids is 2. The molecule has 0 fully saturated rings. The summed E-state index contributed by atoms with van der Waals surface area (Å²) in [6.45, 7) is 3.89. The lowest BCUT2D eigenvalue weighted by Crippen LogP contribution is -2.45. The van der Waals surface area contributed by atoms with Crippen molar-refractivity contribution in [3.63, 3.8) is 0 Å². The molecule has 8 nitrogen and oxygen atoms in total. The van der Waals surface area contributed by atoms with Gasteiger partial charge in [-0.15, -0.1) is 0 Å². The fourth-order valence-electron chi connectivity index (χ4n) is 4.44. The molecule has 1 aliphatic rings. The van der Waals surface area contributed by atoms with Gasteiger partial charge in [-0.3, -0.25) is 4.79 Å². The number of aliphatic carboxylic acids is 2. The number of carboxylic acid groups (broad SMARTS) is 2. The van der Waals surface area contributed by atoms with Gasteiger partial charge in [0.2, 0.25) is 6.10 Å². The molecule has 2 N–H and O–H groups in total. The van der Waals surface area contributed by atoms with E-state index < -0.39 is 18.0 Å². The van der Waals surface area contributed by atoms with Crippen LogP contribution in [-0.4, -0.2) is 54.6 Å². The van der Waals surface area contributed by atoms with Gasteiger partial charge in [-0.1, -0.05) is 48.6 Å². The highest BCUT2D eigenvalue weighted by molar-refractivity contribution is 5.81. The van der Waals surface area contributed by atoms with Crippen molar-refractivity contribution < 1.29 is 34.0 Å². The van der Waals surface area contributed by atoms with Crippen molar-refractivity contribution in [3.05, 3.63) is 83.4 Å². The van der Waals surface area contributed by atoms with E-state index in [1.165, 1.54) is 5.56 Å². The second kappa shape index (κ2) is 14.1. The third kappa shape index (κ3) is 8.27. The number of rotatable bonds is 14. The highest BCUT2D eigenvalue weighted by Crippen LogP contribution is 2.38. The van der Waals surface area contributed by atoms with Crippen molar-refractivity contribution in [1.29, 1.82) is 0 Å². The van der Waals surface area contributed by atoms with Crippen LogP contribution in [0.5, 0.6) is 17.2 Å². The van der Waals surface area contributed by atoms with Gasteiger partial charge in [-0.05, 0) is 67.6 Å². The molecule has 3 aromatic rings. The Balaban J connectivity index is 1.31. The quantitative estimate of drug-likeness (QED) is 0.190. The maximum Gasteiger partial charge on any atom is 0.346 e. The van der Waals surface area contributed by atoms with Crippen molar-refractivity contribution in [1.82, 2.24) is 0 Å². The zero-order valence-corrected chi connectivity index (χ0v) is 22.6. The summed E-state index contributed by atoms with van der Waals surface area (Å²) in [6.07, 6.45) is 5.02. The monoisotopic (exact) mass is 545 g/mol. The zero-order valence-electron chi connectivity index (χ0n) is 22.6. The summed E-state index contributed by atoms with van der Waals surface area (Å²) in [4.78, 5) is 24.6. The second-order valence-electron chi connectivity index (χ2n) is 9.71. The van der Waals surface area contributed by atoms with Crippen LogP contribution in [-0.2, 0) is 9.59 Å². The molecule has 40 heavy (non-hydrogen) atoms. The molecular weight excluding hydrogens is 510 g/mol. The fourth-order valence-corrected chi connectivity index (χ4v) is 4.44. The first-order chi connectivity index (χ1) is 19.4. The minimum Gasteiger partial charge on any atom is -0.494 e. The lowest BCUT2D eigenvalue weighted by atomic mass is 10.1. The highest BCUT2D eigenvalue weighted by Gasteiger charge is 2.31. The summed E-state index contributed by atoms with van der Waals surface area (Å²) in [5, 5.41) is 18.6. The van der Waals surface area contributed by atoms with Gasteiger partial charge in [-0.2, -0.15) is 0 Å². The number of nitrogens with zero attached hydrogens (tertiary/aromatic N) is 1. The van der Waals surface area contributed by atoms with Crippen molar-refractivity contribution in [3.8, 4) is 17.2 Å². The van der Waals surface area contributed by atoms with Gasteiger partial charge in [0.05, 0.1) is 25.4 Å². The molecule has 0 bridgehead atoms. The number of aryl methyl sites for hydroxylation is 1. The van der Waals surface area contributed by atoms with Gasteiger partial charge in [-0.25, -0.2) is 4.79 Å². The second-order valence-corrected chi connectivity index (χ2v) is 9.71. The van der Waals surface area contributed by atoms with E-state index in [2.05, 4.69) is 0 Å². The Labute approximate surface area is 234 Å². The van der Waals surface area contributed by atoms with Gasteiger partial charge in [0, 0.05) is 18.5 Å². The summed E-state index contributed by atoms with van der Waals surface area (Å²) >= 11 is 0. The summed E-state index contributed by atoms with van der Waals surface area (Å²) in [6, 6.07) is 21.4. The molecule has 210 valence electrons. The van der Waals surface area contributed by atoms with E-state index in [9.17, 15) is 14.7 Å². The van der Waals surface area contributed by atoms with Crippen molar-refractivity contribution >= 4 is 29.8 Å². The normalized spacial score (nSPS) is 14.4. The first kappa shape index (κ1) is 28.5. The van der Waals surface area contributed by atoms with Crippen LogP contribution in [0.1, 0.15) is 42.4 Å². The topological polar surface area (TPSA) is 106 Å². The average molecular weight is 546 g/mol. The maximum absolute atomic E-state index is 11.7. The number of fused-ring (bicyclic) bond motifs is 1. The SMILES string of the molecule is Cc1cccc(OCCCCOc2ccc(C=Cc3cccc4c3OC(C(=O)O)CN4CCCC(=O)O)cc2)c1. The first-order valence-corrected chi connectivity index (χ1v) is 13.5. The molecule has 0 aromatic heterocycles. The summed E-state index contributed by atoms with van der Waals surface area (Å²) < 4.78 is 17.5. The largest absolute Gasteiger partial charge is 0.494 e. The molecule has 0 aliphatic carbocycles. The number of hydrogen-bond donors (Lipinski definition) is 2. The predicted molar refractivity (Wildman–Crippen MR) is 154 cm³/mol. The highest BCUT2D eigenvalue weighted by atomic mass is 16.5. The number of anilines is 1. The molecule has 0 amide bonds. The van der Waals surface area contributed by atoms with Crippen LogP contribution in [0, 0.1) is 6.92 Å². The Morgan fingerprint density at radius 1 is 0.925 bits per heavy atom. The van der Waals surface area contributed by atoms with Crippen molar-refractivity contribution in [2.24, 2.45) is 0 Å². The van der Waals surface area contributed by atoms with Gasteiger partial charge < -0.3 is 29.3 Å². The Morgan fingerprint density at radius 2 is 1.65 bits per heavy atom. The number of ether oxygens (including phenoxy) is 3. The van der Waals surface area contributed by atoms with Gasteiger partial charge in [0.15, 0.2) is 5.75 Å². The molecule has 1 atom stereocenters. The molecule has 0 saturated carbocycles. The minimum atomic E-state index is -1.05. The number of para-hydroxylation sites is 1. The molecule has 1 heterocycles. The molecule has 3 aromatic carbocycles. The maximum atomic E-state index is 11.7. The molecule has 0 spiro atoms. The van der Waals surface area contributed by atoms with E-state index >= 15 is 0 Å².